The number of carbonyl (C=O) groups excluding carboxylic acids is 1. The van der Waals surface area contributed by atoms with Gasteiger partial charge in [0.1, 0.15) is 0 Å². The fourth-order valence-electron chi connectivity index (χ4n) is 2.13. The highest BCUT2D eigenvalue weighted by molar-refractivity contribution is 5.98. The zero-order chi connectivity index (χ0) is 13.8. The standard InChI is InChI=1S/C18H14NO/c20-18(19-13-14-6-2-1-3-7-14)17-11-10-15-8-4-5-9-16(15)12-17/h1-10,12H,13H2,(H,19,20). The van der Waals surface area contributed by atoms with Crippen LogP contribution in [0.15, 0.2) is 66.7 Å². The summed E-state index contributed by atoms with van der Waals surface area (Å²) in [5.41, 5.74) is 1.65. The zero-order valence-corrected chi connectivity index (χ0v) is 11.0. The van der Waals surface area contributed by atoms with Gasteiger partial charge in [0, 0.05) is 12.1 Å². The Morgan fingerprint density at radius 1 is 0.950 bits per heavy atom. The van der Waals surface area contributed by atoms with Gasteiger partial charge in [0.15, 0.2) is 0 Å². The summed E-state index contributed by atoms with van der Waals surface area (Å²) < 4.78 is 0. The molecule has 0 bridgehead atoms. The maximum atomic E-state index is 12.1. The van der Waals surface area contributed by atoms with Crippen molar-refractivity contribution in [2.24, 2.45) is 0 Å². The van der Waals surface area contributed by atoms with E-state index in [4.69, 9.17) is 0 Å². The van der Waals surface area contributed by atoms with E-state index in [1.807, 2.05) is 66.7 Å². The van der Waals surface area contributed by atoms with E-state index in [0.717, 1.165) is 16.3 Å². The number of fused-ring (bicyclic) bond motifs is 1. The van der Waals surface area contributed by atoms with Crippen LogP contribution in [0.2, 0.25) is 0 Å². The third kappa shape index (κ3) is 2.69. The zero-order valence-electron chi connectivity index (χ0n) is 11.0. The summed E-state index contributed by atoms with van der Waals surface area (Å²) in [5.74, 6) is -0.0976. The van der Waals surface area contributed by atoms with Crippen LogP contribution in [0.1, 0.15) is 15.9 Å². The Morgan fingerprint density at radius 2 is 1.65 bits per heavy atom. The molecule has 1 radical (unpaired) electrons. The van der Waals surface area contributed by atoms with E-state index in [1.54, 1.807) is 0 Å². The molecule has 0 fully saturated rings. The van der Waals surface area contributed by atoms with Crippen molar-refractivity contribution in [3.63, 3.8) is 0 Å². The van der Waals surface area contributed by atoms with Gasteiger partial charge in [0.25, 0.3) is 5.91 Å². The van der Waals surface area contributed by atoms with E-state index in [2.05, 4.69) is 11.4 Å². The van der Waals surface area contributed by atoms with Crippen LogP contribution >= 0.6 is 0 Å². The van der Waals surface area contributed by atoms with E-state index in [1.165, 1.54) is 0 Å². The lowest BCUT2D eigenvalue weighted by Crippen LogP contribution is -2.22. The van der Waals surface area contributed by atoms with Gasteiger partial charge in [-0.05, 0) is 34.5 Å². The van der Waals surface area contributed by atoms with E-state index >= 15 is 0 Å². The van der Waals surface area contributed by atoms with Crippen LogP contribution in [0.4, 0.5) is 0 Å². The molecule has 0 heterocycles. The van der Waals surface area contributed by atoms with Crippen LogP contribution < -0.4 is 5.32 Å². The first-order chi connectivity index (χ1) is 9.83. The van der Waals surface area contributed by atoms with Crippen molar-refractivity contribution >= 4 is 16.7 Å². The molecule has 0 unspecified atom stereocenters. The van der Waals surface area contributed by atoms with Gasteiger partial charge in [0.05, 0.1) is 0 Å². The van der Waals surface area contributed by atoms with Gasteiger partial charge in [-0.1, -0.05) is 54.6 Å². The summed E-state index contributed by atoms with van der Waals surface area (Å²) >= 11 is 0. The second kappa shape index (κ2) is 5.57. The minimum Gasteiger partial charge on any atom is -0.348 e. The Morgan fingerprint density at radius 3 is 2.45 bits per heavy atom. The lowest BCUT2D eigenvalue weighted by atomic mass is 10.1. The Labute approximate surface area is 118 Å². The Hall–Kier alpha value is -2.61. The topological polar surface area (TPSA) is 29.1 Å². The number of amides is 1. The van der Waals surface area contributed by atoms with Gasteiger partial charge >= 0.3 is 0 Å². The summed E-state index contributed by atoms with van der Waals surface area (Å²) in [5, 5.41) is 5.05. The molecule has 3 aromatic carbocycles. The molecule has 0 atom stereocenters. The number of hydrogen-bond acceptors (Lipinski definition) is 1. The second-order valence-corrected chi connectivity index (χ2v) is 4.64. The van der Waals surface area contributed by atoms with Crippen molar-refractivity contribution in [1.29, 1.82) is 0 Å². The molecule has 1 N–H and O–H groups in total. The van der Waals surface area contributed by atoms with Gasteiger partial charge in [-0.2, -0.15) is 0 Å². The normalized spacial score (nSPS) is 10.4. The molecule has 2 heteroatoms. The minimum atomic E-state index is -0.0976. The predicted molar refractivity (Wildman–Crippen MR) is 80.4 cm³/mol. The lowest BCUT2D eigenvalue weighted by molar-refractivity contribution is 0.0951. The summed E-state index contributed by atoms with van der Waals surface area (Å²) in [4.78, 5) is 12.1. The largest absolute Gasteiger partial charge is 0.348 e. The van der Waals surface area contributed by atoms with Crippen molar-refractivity contribution in [1.82, 2.24) is 5.32 Å². The molecule has 2 nitrogen and oxygen atoms in total. The van der Waals surface area contributed by atoms with Crippen molar-refractivity contribution in [2.45, 2.75) is 6.54 Å². The highest BCUT2D eigenvalue weighted by Crippen LogP contribution is 2.15. The fourth-order valence-corrected chi connectivity index (χ4v) is 2.13. The maximum absolute atomic E-state index is 12.1. The molecule has 0 aromatic heterocycles. The monoisotopic (exact) mass is 260 g/mol. The molecule has 3 rings (SSSR count). The van der Waals surface area contributed by atoms with Crippen LogP contribution in [-0.4, -0.2) is 5.91 Å². The van der Waals surface area contributed by atoms with Gasteiger partial charge in [-0.3, -0.25) is 4.79 Å². The average molecular weight is 260 g/mol. The lowest BCUT2D eigenvalue weighted by Gasteiger charge is -2.06. The Kier molecular flexibility index (Phi) is 3.46. The molecule has 0 aliphatic heterocycles. The smallest absolute Gasteiger partial charge is 0.252 e. The maximum Gasteiger partial charge on any atom is 0.252 e. The highest BCUT2D eigenvalue weighted by atomic mass is 16.1. The summed E-state index contributed by atoms with van der Waals surface area (Å²) in [6.07, 6.45) is 0. The van der Waals surface area contributed by atoms with Crippen LogP contribution in [0.3, 0.4) is 0 Å². The summed E-state index contributed by atoms with van der Waals surface area (Å²) in [6.45, 7) is 0.528. The Bertz CT molecular complexity index is 735. The van der Waals surface area contributed by atoms with Gasteiger partial charge in [-0.25, -0.2) is 0 Å². The van der Waals surface area contributed by atoms with Gasteiger partial charge in [-0.15, -0.1) is 0 Å². The summed E-state index contributed by atoms with van der Waals surface area (Å²) in [7, 11) is 0. The molecule has 0 aliphatic rings. The number of rotatable bonds is 3. The molecule has 0 aliphatic carbocycles. The third-order valence-corrected chi connectivity index (χ3v) is 3.22. The third-order valence-electron chi connectivity index (χ3n) is 3.22. The SMILES string of the molecule is O=C(NCc1ccccc1)c1[c]cc2ccccc2c1. The fraction of sp³-hybridized carbons (Fsp3) is 0.0556. The van der Waals surface area contributed by atoms with Gasteiger partial charge in [0.2, 0.25) is 0 Å². The molecule has 1 amide bonds. The molecule has 0 saturated heterocycles. The van der Waals surface area contributed by atoms with Crippen LogP contribution in [0.25, 0.3) is 10.8 Å². The van der Waals surface area contributed by atoms with E-state index < -0.39 is 0 Å². The molecule has 97 valence electrons. The van der Waals surface area contributed by atoms with E-state index in [0.29, 0.717) is 12.1 Å². The number of nitrogens with one attached hydrogen (secondary N) is 1. The van der Waals surface area contributed by atoms with Crippen molar-refractivity contribution in [3.8, 4) is 0 Å². The van der Waals surface area contributed by atoms with Crippen molar-refractivity contribution in [3.05, 3.63) is 83.9 Å². The molecule has 3 aromatic rings. The summed E-state index contributed by atoms with van der Waals surface area (Å²) in [6, 6.07) is 24.6. The number of benzene rings is 3. The van der Waals surface area contributed by atoms with Crippen molar-refractivity contribution in [2.75, 3.05) is 0 Å². The quantitative estimate of drug-likeness (QED) is 0.766. The minimum absolute atomic E-state index is 0.0976. The predicted octanol–water partition coefficient (Wildman–Crippen LogP) is 3.57. The number of hydrogen-bond donors (Lipinski definition) is 1. The number of carbonyl (C=O) groups is 1. The van der Waals surface area contributed by atoms with E-state index in [9.17, 15) is 4.79 Å². The molecular weight excluding hydrogens is 246 g/mol. The molecular formula is C18H14NO. The van der Waals surface area contributed by atoms with Gasteiger partial charge < -0.3 is 5.32 Å². The first-order valence-electron chi connectivity index (χ1n) is 6.55. The molecule has 0 saturated carbocycles. The Balaban J connectivity index is 1.75. The first kappa shape index (κ1) is 12.4. The second-order valence-electron chi connectivity index (χ2n) is 4.64. The molecule has 0 spiro atoms. The van der Waals surface area contributed by atoms with Crippen LogP contribution in [0, 0.1) is 6.07 Å². The first-order valence-corrected chi connectivity index (χ1v) is 6.55. The average Bonchev–Trinajstić information content (AvgIpc) is 2.53. The molecule has 20 heavy (non-hydrogen) atoms. The van der Waals surface area contributed by atoms with E-state index in [-0.39, 0.29) is 5.91 Å². The van der Waals surface area contributed by atoms with Crippen LogP contribution in [0.5, 0.6) is 0 Å². The highest BCUT2D eigenvalue weighted by Gasteiger charge is 2.06. The van der Waals surface area contributed by atoms with Crippen molar-refractivity contribution < 1.29 is 4.79 Å². The van der Waals surface area contributed by atoms with Crippen LogP contribution in [-0.2, 0) is 6.54 Å².